The van der Waals surface area contributed by atoms with Crippen molar-refractivity contribution in [2.24, 2.45) is 0 Å². The van der Waals surface area contributed by atoms with E-state index >= 15 is 0 Å². The van der Waals surface area contributed by atoms with Gasteiger partial charge in [0.05, 0.1) is 29.2 Å². The molecule has 3 aliphatic rings. The smallest absolute Gasteiger partial charge is 0.335 e. The number of aromatic nitrogens is 2. The molecular weight excluding hydrogens is 575 g/mol. The Hall–Kier alpha value is -3.99. The molecule has 1 unspecified atom stereocenters. The topological polar surface area (TPSA) is 103 Å². The predicted octanol–water partition coefficient (Wildman–Crippen LogP) is 5.49. The first-order valence-corrected chi connectivity index (χ1v) is 17.7. The number of rotatable bonds is 8. The largest absolute Gasteiger partial charge is 0.481 e. The van der Waals surface area contributed by atoms with E-state index in [2.05, 4.69) is 28.1 Å². The SMILES string of the molecule is C[SiH2][C@H]([C@@H]1CCO1)n1c(CN2CCC(c3cccc4c3OC(c3ccc(N)cc3F)C=C4)CC2)nc2ccc(C(=O)O)cc21. The van der Waals surface area contributed by atoms with Crippen LogP contribution in [-0.2, 0) is 11.3 Å². The average molecular weight is 613 g/mol. The van der Waals surface area contributed by atoms with E-state index in [1.54, 1.807) is 24.3 Å². The highest BCUT2D eigenvalue weighted by molar-refractivity contribution is 6.35. The number of anilines is 1. The van der Waals surface area contributed by atoms with Crippen LogP contribution in [0.15, 0.2) is 60.7 Å². The van der Waals surface area contributed by atoms with Crippen molar-refractivity contribution in [3.8, 4) is 5.75 Å². The third kappa shape index (κ3) is 5.31. The van der Waals surface area contributed by atoms with Crippen molar-refractivity contribution in [3.05, 3.63) is 94.6 Å². The second-order valence-corrected chi connectivity index (χ2v) is 13.7. The Balaban J connectivity index is 1.10. The molecule has 4 heterocycles. The Bertz CT molecular complexity index is 1740. The van der Waals surface area contributed by atoms with E-state index in [0.29, 0.717) is 23.7 Å². The van der Waals surface area contributed by atoms with Crippen molar-refractivity contribution in [1.82, 2.24) is 14.5 Å². The maximum Gasteiger partial charge on any atom is 0.335 e. The number of aromatic carboxylic acids is 1. The summed E-state index contributed by atoms with van der Waals surface area (Å²) in [6.45, 7) is 5.57. The van der Waals surface area contributed by atoms with Crippen LogP contribution in [0, 0.1) is 5.82 Å². The molecule has 3 aromatic carbocycles. The van der Waals surface area contributed by atoms with Gasteiger partial charge in [-0.05, 0) is 86.3 Å². The lowest BCUT2D eigenvalue weighted by molar-refractivity contribution is -0.0638. The number of halogens is 1. The van der Waals surface area contributed by atoms with Crippen molar-refractivity contribution in [3.63, 3.8) is 0 Å². The van der Waals surface area contributed by atoms with Gasteiger partial charge in [-0.2, -0.15) is 0 Å². The van der Waals surface area contributed by atoms with Gasteiger partial charge in [-0.3, -0.25) is 4.90 Å². The number of ether oxygens (including phenoxy) is 2. The molecule has 3 atom stereocenters. The molecule has 3 N–H and O–H groups in total. The summed E-state index contributed by atoms with van der Waals surface area (Å²) in [6.07, 6.45) is 6.54. The molecule has 3 aliphatic heterocycles. The number of carboxylic acids is 1. The Kier molecular flexibility index (Phi) is 7.73. The van der Waals surface area contributed by atoms with Gasteiger partial charge in [0.2, 0.25) is 0 Å². The number of carboxylic acid groups (broad SMARTS) is 1. The fourth-order valence-electron chi connectivity index (χ4n) is 6.99. The van der Waals surface area contributed by atoms with Gasteiger partial charge in [-0.25, -0.2) is 14.2 Å². The van der Waals surface area contributed by atoms with Gasteiger partial charge in [-0.1, -0.05) is 30.8 Å². The minimum atomic E-state index is -0.930. The maximum absolute atomic E-state index is 14.7. The van der Waals surface area contributed by atoms with E-state index in [0.717, 1.165) is 67.1 Å². The van der Waals surface area contributed by atoms with Gasteiger partial charge in [0.15, 0.2) is 0 Å². The van der Waals surface area contributed by atoms with Crippen molar-refractivity contribution in [1.29, 1.82) is 0 Å². The molecule has 8 nitrogen and oxygen atoms in total. The second kappa shape index (κ2) is 11.8. The number of fused-ring (bicyclic) bond motifs is 2. The van der Waals surface area contributed by atoms with Crippen LogP contribution >= 0.6 is 0 Å². The minimum absolute atomic E-state index is 0.172. The van der Waals surface area contributed by atoms with Gasteiger partial charge >= 0.3 is 5.97 Å². The van der Waals surface area contributed by atoms with Crippen LogP contribution in [0.1, 0.15) is 69.8 Å². The normalized spacial score (nSPS) is 21.3. The minimum Gasteiger partial charge on any atom is -0.481 e. The summed E-state index contributed by atoms with van der Waals surface area (Å²) in [5.74, 6) is 0.842. The molecule has 0 bridgehead atoms. The van der Waals surface area contributed by atoms with Crippen LogP contribution in [0.25, 0.3) is 17.1 Å². The first kappa shape index (κ1) is 28.8. The van der Waals surface area contributed by atoms with Crippen molar-refractivity contribution in [2.45, 2.75) is 56.1 Å². The molecule has 0 aliphatic carbocycles. The summed E-state index contributed by atoms with van der Waals surface area (Å²) >= 11 is 0. The fraction of sp³-hybridized carbons (Fsp3) is 0.353. The maximum atomic E-state index is 14.7. The number of hydrogen-bond acceptors (Lipinski definition) is 6. The lowest BCUT2D eigenvalue weighted by atomic mass is 9.87. The van der Waals surface area contributed by atoms with E-state index in [9.17, 15) is 14.3 Å². The van der Waals surface area contributed by atoms with Gasteiger partial charge in [0, 0.05) is 38.6 Å². The number of imidazole rings is 1. The Morgan fingerprint density at radius 1 is 1.14 bits per heavy atom. The third-order valence-electron chi connectivity index (χ3n) is 9.42. The summed E-state index contributed by atoms with van der Waals surface area (Å²) in [5, 5.41) is 9.66. The van der Waals surface area contributed by atoms with Gasteiger partial charge in [0.25, 0.3) is 0 Å². The molecule has 10 heteroatoms. The standard InChI is InChI=1S/C34H37FN4O4Si/c1-44-33(30-13-16-42-30)39-28-17-22(34(40)41)5-9-27(28)37-31(39)19-38-14-11-20(12-15-38)24-4-2-3-21-6-10-29(43-32(21)24)25-8-7-23(36)18-26(25)35/h2-10,17-18,20,29-30,33H,11-16,19,36,44H2,1H3,(H,40,41)/t29?,30-,33+/m0/s1. The summed E-state index contributed by atoms with van der Waals surface area (Å²) < 4.78 is 29.4. The van der Waals surface area contributed by atoms with Crippen LogP contribution in [0.3, 0.4) is 0 Å². The second-order valence-electron chi connectivity index (χ2n) is 12.1. The zero-order valence-corrected chi connectivity index (χ0v) is 26.2. The summed E-state index contributed by atoms with van der Waals surface area (Å²) in [7, 11) is -0.525. The molecule has 0 amide bonds. The van der Waals surface area contributed by atoms with Crippen LogP contribution in [-0.4, -0.2) is 60.8 Å². The van der Waals surface area contributed by atoms with Crippen LogP contribution in [0.2, 0.25) is 6.55 Å². The van der Waals surface area contributed by atoms with Crippen molar-refractivity contribution in [2.75, 3.05) is 25.4 Å². The number of nitrogen functional groups attached to an aromatic ring is 1. The van der Waals surface area contributed by atoms with Crippen LogP contribution in [0.5, 0.6) is 5.75 Å². The molecule has 2 fully saturated rings. The first-order valence-electron chi connectivity index (χ1n) is 15.5. The average Bonchev–Trinajstić information content (AvgIpc) is 3.35. The number of piperidine rings is 1. The van der Waals surface area contributed by atoms with Gasteiger partial charge in [0.1, 0.15) is 23.5 Å². The lowest BCUT2D eigenvalue weighted by Crippen LogP contribution is -2.40. The highest BCUT2D eigenvalue weighted by Gasteiger charge is 2.33. The highest BCUT2D eigenvalue weighted by Crippen LogP contribution is 2.42. The van der Waals surface area contributed by atoms with Gasteiger partial charge < -0.3 is 24.9 Å². The quantitative estimate of drug-likeness (QED) is 0.201. The van der Waals surface area contributed by atoms with E-state index in [1.807, 2.05) is 24.3 Å². The molecular formula is C34H37FN4O4Si. The molecule has 0 radical (unpaired) electrons. The molecule has 7 rings (SSSR count). The summed E-state index contributed by atoms with van der Waals surface area (Å²) in [5.41, 5.74) is 11.1. The zero-order chi connectivity index (χ0) is 30.4. The Morgan fingerprint density at radius 2 is 1.95 bits per heavy atom. The van der Waals surface area contributed by atoms with E-state index in [-0.39, 0.29) is 23.1 Å². The molecule has 44 heavy (non-hydrogen) atoms. The number of nitrogens with zero attached hydrogens (tertiary/aromatic N) is 3. The summed E-state index contributed by atoms with van der Waals surface area (Å²) in [4.78, 5) is 19.3. The molecule has 0 spiro atoms. The Labute approximate surface area is 258 Å². The predicted molar refractivity (Wildman–Crippen MR) is 171 cm³/mol. The highest BCUT2D eigenvalue weighted by atomic mass is 28.2. The lowest BCUT2D eigenvalue weighted by Gasteiger charge is -2.37. The van der Waals surface area contributed by atoms with E-state index in [1.165, 1.54) is 11.6 Å². The zero-order valence-electron chi connectivity index (χ0n) is 24.8. The molecule has 4 aromatic rings. The van der Waals surface area contributed by atoms with Crippen molar-refractivity contribution < 1.29 is 23.8 Å². The monoisotopic (exact) mass is 612 g/mol. The molecule has 228 valence electrons. The number of benzene rings is 3. The number of nitrogens with two attached hydrogens (primary N) is 1. The van der Waals surface area contributed by atoms with E-state index in [4.69, 9.17) is 20.2 Å². The molecule has 0 saturated carbocycles. The number of carbonyl (C=O) groups is 1. The third-order valence-corrected chi connectivity index (χ3v) is 11.1. The summed E-state index contributed by atoms with van der Waals surface area (Å²) in [6, 6.07) is 16.2. The number of likely N-dealkylation sites (tertiary alicyclic amines) is 1. The number of hydrogen-bond donors (Lipinski definition) is 2. The first-order chi connectivity index (χ1) is 21.4. The van der Waals surface area contributed by atoms with E-state index < -0.39 is 21.6 Å². The molecule has 1 aromatic heterocycles. The van der Waals surface area contributed by atoms with Crippen LogP contribution < -0.4 is 10.5 Å². The number of para-hydroxylation sites is 1. The van der Waals surface area contributed by atoms with Gasteiger partial charge in [-0.15, -0.1) is 0 Å². The molecule has 2 saturated heterocycles. The van der Waals surface area contributed by atoms with Crippen molar-refractivity contribution >= 4 is 38.3 Å². The Morgan fingerprint density at radius 3 is 2.66 bits per heavy atom. The fourth-order valence-corrected chi connectivity index (χ4v) is 8.66. The van der Waals surface area contributed by atoms with Crippen LogP contribution in [0.4, 0.5) is 10.1 Å².